The molecule has 0 radical (unpaired) electrons. The van der Waals surface area contributed by atoms with E-state index in [-0.39, 0.29) is 28.7 Å². The van der Waals surface area contributed by atoms with Crippen molar-refractivity contribution < 1.29 is 22.7 Å². The Kier molecular flexibility index (Phi) is 3.68. The molecule has 1 aromatic rings. The maximum Gasteiger partial charge on any atom is 0.573 e. The van der Waals surface area contributed by atoms with Gasteiger partial charge in [-0.2, -0.15) is 0 Å². The lowest BCUT2D eigenvalue weighted by atomic mass is 9.72. The van der Waals surface area contributed by atoms with Crippen LogP contribution in [0.2, 0.25) is 0 Å². The maximum atomic E-state index is 12.4. The van der Waals surface area contributed by atoms with E-state index in [2.05, 4.69) is 10.1 Å². The van der Waals surface area contributed by atoms with Gasteiger partial charge in [-0.15, -0.1) is 13.2 Å². The molecule has 1 N–H and O–H groups in total. The highest BCUT2D eigenvalue weighted by molar-refractivity contribution is 6.04. The molecule has 1 aromatic carbocycles. The zero-order valence-electron chi connectivity index (χ0n) is 12.3. The Hall–Kier alpha value is -1.72. The molecule has 2 atom stereocenters. The molecule has 2 unspecified atom stereocenters. The first-order valence-electron chi connectivity index (χ1n) is 6.70. The molecule has 1 aliphatic heterocycles. The van der Waals surface area contributed by atoms with E-state index in [0.717, 1.165) is 0 Å². The normalized spacial score (nSPS) is 20.0. The van der Waals surface area contributed by atoms with Gasteiger partial charge in [-0.05, 0) is 23.0 Å². The number of alkyl halides is 3. The van der Waals surface area contributed by atoms with Crippen LogP contribution >= 0.6 is 0 Å². The van der Waals surface area contributed by atoms with Gasteiger partial charge in [0.1, 0.15) is 0 Å². The Labute approximate surface area is 121 Å². The van der Waals surface area contributed by atoms with Gasteiger partial charge >= 0.3 is 6.36 Å². The molecule has 0 saturated heterocycles. The number of carbonyl (C=O) groups is 1. The van der Waals surface area contributed by atoms with Crippen LogP contribution in [0.3, 0.4) is 0 Å². The zero-order valence-corrected chi connectivity index (χ0v) is 12.3. The largest absolute Gasteiger partial charge is 0.573 e. The number of halogens is 3. The zero-order chi connectivity index (χ0) is 16.0. The van der Waals surface area contributed by atoms with Crippen LogP contribution in [0.4, 0.5) is 18.9 Å². The number of hydrogen-bond acceptors (Lipinski definition) is 2. The minimum absolute atomic E-state index is 0.0279. The Morgan fingerprint density at radius 1 is 1.24 bits per heavy atom. The van der Waals surface area contributed by atoms with Crippen molar-refractivity contribution in [2.24, 2.45) is 11.3 Å². The van der Waals surface area contributed by atoms with E-state index >= 15 is 0 Å². The number of hydrogen-bond donors (Lipinski definition) is 1. The van der Waals surface area contributed by atoms with Crippen molar-refractivity contribution in [1.29, 1.82) is 0 Å². The third-order valence-corrected chi connectivity index (χ3v) is 4.02. The molecule has 21 heavy (non-hydrogen) atoms. The summed E-state index contributed by atoms with van der Waals surface area (Å²) < 4.78 is 41.2. The van der Waals surface area contributed by atoms with Gasteiger partial charge in [0.05, 0.1) is 11.6 Å². The number of ether oxygens (including phenoxy) is 1. The van der Waals surface area contributed by atoms with Gasteiger partial charge in [-0.3, -0.25) is 4.79 Å². The maximum absolute atomic E-state index is 12.4. The molecule has 0 aliphatic carbocycles. The van der Waals surface area contributed by atoms with E-state index in [1.165, 1.54) is 12.1 Å². The highest BCUT2D eigenvalue weighted by Gasteiger charge is 2.42. The van der Waals surface area contributed by atoms with Crippen LogP contribution in [0, 0.1) is 11.3 Å². The van der Waals surface area contributed by atoms with Gasteiger partial charge < -0.3 is 10.1 Å². The van der Waals surface area contributed by atoms with Gasteiger partial charge in [-0.1, -0.05) is 39.8 Å². The second kappa shape index (κ2) is 4.93. The molecule has 2 rings (SSSR count). The summed E-state index contributed by atoms with van der Waals surface area (Å²) in [6.45, 7) is 7.92. The second-order valence-corrected chi connectivity index (χ2v) is 6.39. The van der Waals surface area contributed by atoms with E-state index in [0.29, 0.717) is 5.56 Å². The monoisotopic (exact) mass is 301 g/mol. The molecule has 0 spiro atoms. The van der Waals surface area contributed by atoms with Crippen molar-refractivity contribution in [3.63, 3.8) is 0 Å². The minimum Gasteiger partial charge on any atom is -0.404 e. The first kappa shape index (κ1) is 15.7. The lowest BCUT2D eigenvalue weighted by molar-refractivity contribution is -0.274. The van der Waals surface area contributed by atoms with Gasteiger partial charge in [0.25, 0.3) is 0 Å². The van der Waals surface area contributed by atoms with E-state index in [1.807, 2.05) is 27.7 Å². The van der Waals surface area contributed by atoms with Crippen LogP contribution < -0.4 is 10.1 Å². The molecule has 6 heteroatoms. The molecule has 0 fully saturated rings. The summed E-state index contributed by atoms with van der Waals surface area (Å²) in [5, 5.41) is 2.53. The summed E-state index contributed by atoms with van der Waals surface area (Å²) >= 11 is 0. The summed E-state index contributed by atoms with van der Waals surface area (Å²) in [7, 11) is 0. The van der Waals surface area contributed by atoms with Gasteiger partial charge in [-0.25, -0.2) is 0 Å². The topological polar surface area (TPSA) is 38.3 Å². The number of fused-ring (bicyclic) bond motifs is 1. The third-order valence-electron chi connectivity index (χ3n) is 4.02. The lowest BCUT2D eigenvalue weighted by Gasteiger charge is -2.31. The molecule has 3 nitrogen and oxygen atoms in total. The van der Waals surface area contributed by atoms with Gasteiger partial charge in [0.15, 0.2) is 5.75 Å². The molecule has 0 bridgehead atoms. The molecule has 0 saturated carbocycles. The van der Waals surface area contributed by atoms with Crippen LogP contribution in [0.25, 0.3) is 0 Å². The molecular formula is C15H18F3NO2. The lowest BCUT2D eigenvalue weighted by Crippen LogP contribution is -2.28. The average Bonchev–Trinajstić information content (AvgIpc) is 2.62. The van der Waals surface area contributed by atoms with E-state index in [9.17, 15) is 18.0 Å². The van der Waals surface area contributed by atoms with Gasteiger partial charge in [0, 0.05) is 0 Å². The number of rotatable bonds is 2. The van der Waals surface area contributed by atoms with Crippen LogP contribution in [0.1, 0.15) is 39.2 Å². The van der Waals surface area contributed by atoms with Crippen molar-refractivity contribution in [1.82, 2.24) is 0 Å². The number of nitrogens with one attached hydrogen (secondary N) is 1. The smallest absolute Gasteiger partial charge is 0.404 e. The molecular weight excluding hydrogens is 283 g/mol. The number of benzene rings is 1. The Morgan fingerprint density at radius 3 is 2.38 bits per heavy atom. The molecule has 1 aliphatic rings. The number of anilines is 1. The predicted octanol–water partition coefficient (Wildman–Crippen LogP) is 4.30. The van der Waals surface area contributed by atoms with Crippen molar-refractivity contribution in [2.45, 2.75) is 40.0 Å². The predicted molar refractivity (Wildman–Crippen MR) is 73.1 cm³/mol. The molecule has 1 heterocycles. The van der Waals surface area contributed by atoms with E-state index in [4.69, 9.17) is 0 Å². The number of amides is 1. The molecule has 1 amide bonds. The fourth-order valence-electron chi connectivity index (χ4n) is 2.49. The minimum atomic E-state index is -4.78. The first-order chi connectivity index (χ1) is 9.50. The average molecular weight is 301 g/mol. The summed E-state index contributed by atoms with van der Waals surface area (Å²) in [5.74, 6) is -1.15. The van der Waals surface area contributed by atoms with E-state index in [1.54, 1.807) is 6.07 Å². The van der Waals surface area contributed by atoms with Gasteiger partial charge in [0.2, 0.25) is 5.91 Å². The molecule has 116 valence electrons. The van der Waals surface area contributed by atoms with Crippen molar-refractivity contribution in [2.75, 3.05) is 5.32 Å². The standard InChI is InChI=1S/C15H18F3NO2/c1-8(14(2,3)4)11-9-6-5-7-10(21-15(16,17)18)12(9)19-13(11)20/h5-8,11H,1-4H3,(H,19,20). The first-order valence-corrected chi connectivity index (χ1v) is 6.70. The van der Waals surface area contributed by atoms with Crippen LogP contribution in [0.5, 0.6) is 5.75 Å². The highest BCUT2D eigenvalue weighted by atomic mass is 19.4. The SMILES string of the molecule is CC(C1C(=O)Nc2c(OC(F)(F)F)cccc21)C(C)(C)C. The van der Waals surface area contributed by atoms with Crippen molar-refractivity contribution in [3.8, 4) is 5.75 Å². The fraction of sp³-hybridized carbons (Fsp3) is 0.533. The Morgan fingerprint density at radius 2 is 1.86 bits per heavy atom. The Bertz CT molecular complexity index is 561. The van der Waals surface area contributed by atoms with Crippen LogP contribution in [0.15, 0.2) is 18.2 Å². The number of carbonyl (C=O) groups excluding carboxylic acids is 1. The van der Waals surface area contributed by atoms with E-state index < -0.39 is 12.3 Å². The second-order valence-electron chi connectivity index (χ2n) is 6.39. The summed E-state index contributed by atoms with van der Waals surface area (Å²) in [6.07, 6.45) is -4.78. The summed E-state index contributed by atoms with van der Waals surface area (Å²) in [4.78, 5) is 12.2. The van der Waals surface area contributed by atoms with Crippen LogP contribution in [-0.2, 0) is 4.79 Å². The quantitative estimate of drug-likeness (QED) is 0.884. The van der Waals surface area contributed by atoms with Crippen molar-refractivity contribution in [3.05, 3.63) is 23.8 Å². The Balaban J connectivity index is 2.43. The third kappa shape index (κ3) is 3.14. The highest BCUT2D eigenvalue weighted by Crippen LogP contribution is 2.47. The fourth-order valence-corrected chi connectivity index (χ4v) is 2.49. The van der Waals surface area contributed by atoms with Crippen molar-refractivity contribution >= 4 is 11.6 Å². The number of para-hydroxylation sites is 1. The summed E-state index contributed by atoms with van der Waals surface area (Å²) in [5.41, 5.74) is 0.537. The molecule has 0 aromatic heterocycles. The summed E-state index contributed by atoms with van der Waals surface area (Å²) in [6, 6.07) is 4.35. The van der Waals surface area contributed by atoms with Crippen LogP contribution in [-0.4, -0.2) is 12.3 Å².